The van der Waals surface area contributed by atoms with Crippen LogP contribution < -0.4 is 5.32 Å². The van der Waals surface area contributed by atoms with Crippen LogP contribution in [-0.2, 0) is 14.3 Å². The molecule has 0 aromatic carbocycles. The van der Waals surface area contributed by atoms with Crippen molar-refractivity contribution in [3.05, 3.63) is 0 Å². The van der Waals surface area contributed by atoms with Crippen LogP contribution >= 0.6 is 0 Å². The molecule has 0 spiro atoms. The molecule has 0 aliphatic carbocycles. The van der Waals surface area contributed by atoms with Crippen molar-refractivity contribution in [3.8, 4) is 0 Å². The molecule has 1 fully saturated rings. The van der Waals surface area contributed by atoms with Crippen LogP contribution in [0.15, 0.2) is 0 Å². The molecule has 0 aromatic heterocycles. The van der Waals surface area contributed by atoms with Gasteiger partial charge >= 0.3 is 0 Å². The molecule has 1 aliphatic rings. The first-order chi connectivity index (χ1) is 8.36. The first-order valence-electron chi connectivity index (χ1n) is 5.75. The standard InChI is InChI=1S/C11H19NO6/c1-5(14)3-7-9(12-6(2)15)11(17)10(16)8(4-13)18-7/h7-11,13,16-17H,3-4H2,1-2H3,(H,12,15)/t7-,8+,9-,10-,11+/m0/s1. The Morgan fingerprint density at radius 2 is 1.78 bits per heavy atom. The SMILES string of the molecule is CC(=O)C[C@@H]1O[C@H](CO)[C@H](O)[C@H](O)[C@H]1NC(C)=O. The molecule has 0 aromatic rings. The molecule has 18 heavy (non-hydrogen) atoms. The molecular formula is C11H19NO6. The molecule has 0 bridgehead atoms. The highest BCUT2D eigenvalue weighted by atomic mass is 16.5. The van der Waals surface area contributed by atoms with Gasteiger partial charge in [0.1, 0.15) is 24.1 Å². The van der Waals surface area contributed by atoms with Gasteiger partial charge in [-0.25, -0.2) is 0 Å². The third-order valence-electron chi connectivity index (χ3n) is 2.89. The number of aliphatic hydroxyl groups excluding tert-OH is 3. The van der Waals surface area contributed by atoms with E-state index in [0.29, 0.717) is 0 Å². The minimum atomic E-state index is -1.31. The number of rotatable bonds is 4. The zero-order chi connectivity index (χ0) is 13.9. The quantitative estimate of drug-likeness (QED) is 0.463. The zero-order valence-electron chi connectivity index (χ0n) is 10.4. The van der Waals surface area contributed by atoms with Gasteiger partial charge in [0.25, 0.3) is 0 Å². The van der Waals surface area contributed by atoms with Crippen molar-refractivity contribution in [2.75, 3.05) is 6.61 Å². The number of carbonyl (C=O) groups is 2. The van der Waals surface area contributed by atoms with E-state index >= 15 is 0 Å². The predicted octanol–water partition coefficient (Wildman–Crippen LogP) is -2.05. The first kappa shape index (κ1) is 15.0. The maximum absolute atomic E-state index is 11.1. The number of Topliss-reactive ketones (excluding diaryl/α,β-unsaturated/α-hetero) is 1. The highest BCUT2D eigenvalue weighted by Gasteiger charge is 2.44. The lowest BCUT2D eigenvalue weighted by Gasteiger charge is -2.42. The minimum absolute atomic E-state index is 0.00870. The molecule has 1 amide bonds. The number of ether oxygens (including phenoxy) is 1. The number of nitrogens with one attached hydrogen (secondary N) is 1. The first-order valence-corrected chi connectivity index (χ1v) is 5.75. The number of aliphatic hydroxyl groups is 3. The van der Waals surface area contributed by atoms with Crippen molar-refractivity contribution < 1.29 is 29.6 Å². The van der Waals surface area contributed by atoms with E-state index in [4.69, 9.17) is 9.84 Å². The fourth-order valence-corrected chi connectivity index (χ4v) is 2.06. The van der Waals surface area contributed by atoms with E-state index < -0.39 is 43.0 Å². The molecule has 5 atom stereocenters. The Morgan fingerprint density at radius 1 is 1.17 bits per heavy atom. The molecule has 7 heteroatoms. The van der Waals surface area contributed by atoms with Crippen LogP contribution in [0.5, 0.6) is 0 Å². The summed E-state index contributed by atoms with van der Waals surface area (Å²) in [6, 6.07) is -0.871. The van der Waals surface area contributed by atoms with E-state index in [2.05, 4.69) is 5.32 Å². The Morgan fingerprint density at radius 3 is 2.22 bits per heavy atom. The second-order valence-electron chi connectivity index (χ2n) is 4.51. The Kier molecular flexibility index (Phi) is 5.21. The van der Waals surface area contributed by atoms with Crippen molar-refractivity contribution in [3.63, 3.8) is 0 Å². The Labute approximate surface area is 105 Å². The molecule has 104 valence electrons. The summed E-state index contributed by atoms with van der Waals surface area (Å²) < 4.78 is 5.35. The average Bonchev–Trinajstić information content (AvgIpc) is 2.27. The summed E-state index contributed by atoms with van der Waals surface area (Å²) in [7, 11) is 0. The van der Waals surface area contributed by atoms with Crippen LogP contribution in [0, 0.1) is 0 Å². The summed E-state index contributed by atoms with van der Waals surface area (Å²) in [5.41, 5.74) is 0. The lowest BCUT2D eigenvalue weighted by Crippen LogP contribution is -2.64. The van der Waals surface area contributed by atoms with Crippen LogP contribution in [-0.4, -0.2) is 64.1 Å². The zero-order valence-corrected chi connectivity index (χ0v) is 10.4. The van der Waals surface area contributed by atoms with Gasteiger partial charge < -0.3 is 25.4 Å². The highest BCUT2D eigenvalue weighted by molar-refractivity contribution is 5.77. The molecule has 4 N–H and O–H groups in total. The number of ketones is 1. The number of hydrogen-bond acceptors (Lipinski definition) is 6. The monoisotopic (exact) mass is 261 g/mol. The van der Waals surface area contributed by atoms with Crippen molar-refractivity contribution in [1.82, 2.24) is 5.32 Å². The maximum Gasteiger partial charge on any atom is 0.217 e. The molecular weight excluding hydrogens is 242 g/mol. The van der Waals surface area contributed by atoms with Gasteiger partial charge in [-0.15, -0.1) is 0 Å². The summed E-state index contributed by atoms with van der Waals surface area (Å²) in [6.07, 6.45) is -4.33. The average molecular weight is 261 g/mol. The van der Waals surface area contributed by atoms with Gasteiger partial charge in [-0.2, -0.15) is 0 Å². The largest absolute Gasteiger partial charge is 0.394 e. The number of amides is 1. The molecule has 0 unspecified atom stereocenters. The van der Waals surface area contributed by atoms with Crippen LogP contribution in [0.25, 0.3) is 0 Å². The lowest BCUT2D eigenvalue weighted by atomic mass is 9.90. The number of carbonyl (C=O) groups excluding carboxylic acids is 2. The molecule has 1 rings (SSSR count). The molecule has 1 saturated heterocycles. The van der Waals surface area contributed by atoms with Gasteiger partial charge in [-0.1, -0.05) is 0 Å². The fraction of sp³-hybridized carbons (Fsp3) is 0.818. The lowest BCUT2D eigenvalue weighted by molar-refractivity contribution is -0.196. The van der Waals surface area contributed by atoms with Crippen molar-refractivity contribution in [2.24, 2.45) is 0 Å². The molecule has 1 heterocycles. The third-order valence-corrected chi connectivity index (χ3v) is 2.89. The van der Waals surface area contributed by atoms with Gasteiger partial charge in [0, 0.05) is 13.3 Å². The number of hydrogen-bond donors (Lipinski definition) is 4. The van der Waals surface area contributed by atoms with E-state index in [0.717, 1.165) is 0 Å². The second-order valence-corrected chi connectivity index (χ2v) is 4.51. The van der Waals surface area contributed by atoms with E-state index in [1.54, 1.807) is 0 Å². The van der Waals surface area contributed by atoms with Crippen LogP contribution in [0.1, 0.15) is 20.3 Å². The topological polar surface area (TPSA) is 116 Å². The van der Waals surface area contributed by atoms with Gasteiger partial charge in [-0.3, -0.25) is 9.59 Å². The molecule has 1 aliphatic heterocycles. The Hall–Kier alpha value is -1.02. The van der Waals surface area contributed by atoms with E-state index in [1.807, 2.05) is 0 Å². The van der Waals surface area contributed by atoms with Crippen molar-refractivity contribution >= 4 is 11.7 Å². The smallest absolute Gasteiger partial charge is 0.217 e. The van der Waals surface area contributed by atoms with Crippen molar-refractivity contribution in [1.29, 1.82) is 0 Å². The van der Waals surface area contributed by atoms with Gasteiger partial charge in [0.2, 0.25) is 5.91 Å². The fourth-order valence-electron chi connectivity index (χ4n) is 2.06. The minimum Gasteiger partial charge on any atom is -0.394 e. The van der Waals surface area contributed by atoms with Crippen LogP contribution in [0.2, 0.25) is 0 Å². The summed E-state index contributed by atoms with van der Waals surface area (Å²) in [4.78, 5) is 22.2. The summed E-state index contributed by atoms with van der Waals surface area (Å²) in [6.45, 7) is 2.15. The van der Waals surface area contributed by atoms with E-state index in [1.165, 1.54) is 13.8 Å². The van der Waals surface area contributed by atoms with Gasteiger partial charge in [0.05, 0.1) is 18.8 Å². The molecule has 0 saturated carbocycles. The normalized spacial score (nSPS) is 36.2. The summed E-state index contributed by atoms with van der Waals surface area (Å²) >= 11 is 0. The third kappa shape index (κ3) is 3.49. The second kappa shape index (κ2) is 6.24. The van der Waals surface area contributed by atoms with E-state index in [-0.39, 0.29) is 12.2 Å². The van der Waals surface area contributed by atoms with Gasteiger partial charge in [0.15, 0.2) is 0 Å². The van der Waals surface area contributed by atoms with E-state index in [9.17, 15) is 19.8 Å². The van der Waals surface area contributed by atoms with Crippen LogP contribution in [0.4, 0.5) is 0 Å². The molecule has 0 radical (unpaired) electrons. The summed E-state index contributed by atoms with van der Waals surface area (Å²) in [5.74, 6) is -0.568. The van der Waals surface area contributed by atoms with Crippen LogP contribution in [0.3, 0.4) is 0 Å². The highest BCUT2D eigenvalue weighted by Crippen LogP contribution is 2.23. The maximum atomic E-state index is 11.1. The summed E-state index contributed by atoms with van der Waals surface area (Å²) in [5, 5.41) is 31.1. The predicted molar refractivity (Wildman–Crippen MR) is 60.7 cm³/mol. The van der Waals surface area contributed by atoms with Crippen molar-refractivity contribution in [2.45, 2.75) is 50.7 Å². The Bertz CT molecular complexity index is 321. The van der Waals surface area contributed by atoms with Gasteiger partial charge in [-0.05, 0) is 6.92 Å². The Balaban J connectivity index is 2.86. The molecule has 7 nitrogen and oxygen atoms in total.